The van der Waals surface area contributed by atoms with Crippen LogP contribution in [-0.4, -0.2) is 33.9 Å². The lowest BCUT2D eigenvalue weighted by atomic mass is 10.0. The highest BCUT2D eigenvalue weighted by molar-refractivity contribution is 7.92. The topological polar surface area (TPSA) is 81.7 Å². The van der Waals surface area contributed by atoms with Crippen molar-refractivity contribution >= 4 is 21.7 Å². The van der Waals surface area contributed by atoms with Crippen LogP contribution in [0, 0.1) is 5.41 Å². The van der Waals surface area contributed by atoms with Gasteiger partial charge < -0.3 is 9.47 Å². The minimum Gasteiger partial charge on any atom is -0.482 e. The molecular formula is C14H21NO5S. The fraction of sp³-hybridized carbons (Fsp3) is 0.500. The van der Waals surface area contributed by atoms with Gasteiger partial charge in [-0.15, -0.1) is 0 Å². The van der Waals surface area contributed by atoms with Crippen LogP contribution in [0.25, 0.3) is 0 Å². The summed E-state index contributed by atoms with van der Waals surface area (Å²) in [5.74, 6) is -0.113. The van der Waals surface area contributed by atoms with E-state index in [4.69, 9.17) is 4.74 Å². The molecule has 0 radical (unpaired) electrons. The van der Waals surface area contributed by atoms with Gasteiger partial charge in [0.1, 0.15) is 5.75 Å². The van der Waals surface area contributed by atoms with Gasteiger partial charge in [0.15, 0.2) is 6.61 Å². The second-order valence-corrected chi connectivity index (χ2v) is 7.54. The van der Waals surface area contributed by atoms with Gasteiger partial charge in [-0.1, -0.05) is 26.8 Å². The number of carbonyl (C=O) groups is 1. The molecule has 21 heavy (non-hydrogen) atoms. The van der Waals surface area contributed by atoms with Gasteiger partial charge in [0.25, 0.3) is 0 Å². The van der Waals surface area contributed by atoms with Crippen molar-refractivity contribution in [2.75, 3.05) is 24.2 Å². The molecule has 0 bridgehead atoms. The van der Waals surface area contributed by atoms with Crippen molar-refractivity contribution in [3.63, 3.8) is 0 Å². The Bertz CT molecular complexity index is 590. The van der Waals surface area contributed by atoms with Gasteiger partial charge in [0, 0.05) is 6.07 Å². The van der Waals surface area contributed by atoms with Crippen molar-refractivity contribution in [2.24, 2.45) is 5.41 Å². The van der Waals surface area contributed by atoms with Gasteiger partial charge in [-0.2, -0.15) is 0 Å². The van der Waals surface area contributed by atoms with Crippen molar-refractivity contribution < 1.29 is 22.7 Å². The molecule has 0 saturated carbocycles. The summed E-state index contributed by atoms with van der Waals surface area (Å²) in [5, 5.41) is 0. The summed E-state index contributed by atoms with van der Waals surface area (Å²) in [6.45, 7) is 5.32. The second kappa shape index (κ2) is 6.80. The standard InChI is InChI=1S/C14H21NO5S/c1-14(2,3)10-21(17,18)15-11-6-5-7-12(8-11)20-9-13(16)19-4/h5-8,15H,9-10H2,1-4H3. The maximum Gasteiger partial charge on any atom is 0.343 e. The van der Waals surface area contributed by atoms with Crippen LogP contribution in [-0.2, 0) is 19.6 Å². The third kappa shape index (κ3) is 6.99. The number of hydrogen-bond acceptors (Lipinski definition) is 5. The molecule has 7 heteroatoms. The van der Waals surface area contributed by atoms with Gasteiger partial charge in [0.05, 0.1) is 18.6 Å². The Morgan fingerprint density at radius 3 is 2.52 bits per heavy atom. The number of rotatable bonds is 6. The minimum atomic E-state index is -3.44. The van der Waals surface area contributed by atoms with E-state index in [0.717, 1.165) is 0 Å². The van der Waals surface area contributed by atoms with Crippen LogP contribution in [0.3, 0.4) is 0 Å². The summed E-state index contributed by atoms with van der Waals surface area (Å²) in [6.07, 6.45) is 0. The number of methoxy groups -OCH3 is 1. The van der Waals surface area contributed by atoms with E-state index in [2.05, 4.69) is 9.46 Å². The maximum absolute atomic E-state index is 12.0. The molecule has 0 saturated heterocycles. The molecule has 0 fully saturated rings. The number of nitrogens with one attached hydrogen (secondary N) is 1. The molecule has 0 aliphatic carbocycles. The van der Waals surface area contributed by atoms with Gasteiger partial charge in [0.2, 0.25) is 10.0 Å². The lowest BCUT2D eigenvalue weighted by Gasteiger charge is -2.19. The largest absolute Gasteiger partial charge is 0.482 e. The van der Waals surface area contributed by atoms with Gasteiger partial charge in [-0.05, 0) is 17.5 Å². The molecule has 1 aromatic rings. The van der Waals surface area contributed by atoms with E-state index in [0.29, 0.717) is 11.4 Å². The molecule has 6 nitrogen and oxygen atoms in total. The van der Waals surface area contributed by atoms with E-state index in [1.54, 1.807) is 18.2 Å². The van der Waals surface area contributed by atoms with E-state index in [-0.39, 0.29) is 17.8 Å². The number of carbonyl (C=O) groups excluding carboxylic acids is 1. The number of ether oxygens (including phenoxy) is 2. The fourth-order valence-electron chi connectivity index (χ4n) is 1.64. The Hall–Kier alpha value is -1.76. The second-order valence-electron chi connectivity index (χ2n) is 5.81. The predicted molar refractivity (Wildman–Crippen MR) is 80.8 cm³/mol. The molecule has 0 heterocycles. The monoisotopic (exact) mass is 315 g/mol. The highest BCUT2D eigenvalue weighted by atomic mass is 32.2. The molecule has 0 unspecified atom stereocenters. The van der Waals surface area contributed by atoms with Crippen LogP contribution >= 0.6 is 0 Å². The van der Waals surface area contributed by atoms with Crippen molar-refractivity contribution in [2.45, 2.75) is 20.8 Å². The molecule has 0 atom stereocenters. The number of anilines is 1. The number of sulfonamides is 1. The first kappa shape index (κ1) is 17.3. The normalized spacial score (nSPS) is 11.8. The number of benzene rings is 1. The van der Waals surface area contributed by atoms with Gasteiger partial charge in [-0.3, -0.25) is 4.72 Å². The summed E-state index contributed by atoms with van der Waals surface area (Å²) in [7, 11) is -2.18. The zero-order valence-electron chi connectivity index (χ0n) is 12.7. The number of hydrogen-bond donors (Lipinski definition) is 1. The van der Waals surface area contributed by atoms with Crippen molar-refractivity contribution in [3.05, 3.63) is 24.3 Å². The maximum atomic E-state index is 12.0. The summed E-state index contributed by atoms with van der Waals surface area (Å²) in [5.41, 5.74) is 0.0480. The van der Waals surface area contributed by atoms with E-state index in [1.807, 2.05) is 20.8 Å². The average Bonchev–Trinajstić information content (AvgIpc) is 2.32. The molecule has 0 aliphatic heterocycles. The molecule has 1 N–H and O–H groups in total. The molecule has 118 valence electrons. The highest BCUT2D eigenvalue weighted by Crippen LogP contribution is 2.21. The first-order valence-electron chi connectivity index (χ1n) is 6.41. The van der Waals surface area contributed by atoms with Crippen LogP contribution in [0.2, 0.25) is 0 Å². The van der Waals surface area contributed by atoms with Crippen LogP contribution in [0.5, 0.6) is 5.75 Å². The van der Waals surface area contributed by atoms with E-state index < -0.39 is 16.0 Å². The molecule has 0 aromatic heterocycles. The summed E-state index contributed by atoms with van der Waals surface area (Å²) in [6, 6.07) is 6.40. The SMILES string of the molecule is COC(=O)COc1cccc(NS(=O)(=O)CC(C)(C)C)c1. The smallest absolute Gasteiger partial charge is 0.343 e. The van der Waals surface area contributed by atoms with Crippen LogP contribution in [0.1, 0.15) is 20.8 Å². The van der Waals surface area contributed by atoms with Crippen molar-refractivity contribution in [1.82, 2.24) is 0 Å². The lowest BCUT2D eigenvalue weighted by Crippen LogP contribution is -2.26. The fourth-order valence-corrected chi connectivity index (χ4v) is 3.33. The van der Waals surface area contributed by atoms with E-state index >= 15 is 0 Å². The molecule has 1 rings (SSSR count). The molecular weight excluding hydrogens is 294 g/mol. The Kier molecular flexibility index (Phi) is 5.60. The first-order valence-corrected chi connectivity index (χ1v) is 8.07. The third-order valence-electron chi connectivity index (χ3n) is 2.31. The molecule has 1 aromatic carbocycles. The Balaban J connectivity index is 2.74. The minimum absolute atomic E-state index is 0.00719. The molecule has 0 aliphatic rings. The van der Waals surface area contributed by atoms with Gasteiger partial charge in [-0.25, -0.2) is 13.2 Å². The van der Waals surface area contributed by atoms with Crippen molar-refractivity contribution in [1.29, 1.82) is 0 Å². The zero-order chi connectivity index (χ0) is 16.1. The Morgan fingerprint density at radius 2 is 1.95 bits per heavy atom. The van der Waals surface area contributed by atoms with E-state index in [1.165, 1.54) is 13.2 Å². The average molecular weight is 315 g/mol. The molecule has 0 amide bonds. The van der Waals surface area contributed by atoms with E-state index in [9.17, 15) is 13.2 Å². The summed E-state index contributed by atoms with van der Waals surface area (Å²) < 4.78 is 36.2. The van der Waals surface area contributed by atoms with Crippen molar-refractivity contribution in [3.8, 4) is 5.75 Å². The van der Waals surface area contributed by atoms with Crippen LogP contribution in [0.15, 0.2) is 24.3 Å². The number of esters is 1. The zero-order valence-corrected chi connectivity index (χ0v) is 13.5. The Morgan fingerprint density at radius 1 is 1.29 bits per heavy atom. The Labute approximate surface area is 125 Å². The van der Waals surface area contributed by atoms with Crippen LogP contribution in [0.4, 0.5) is 5.69 Å². The van der Waals surface area contributed by atoms with Crippen LogP contribution < -0.4 is 9.46 Å². The predicted octanol–water partition coefficient (Wildman–Crippen LogP) is 2.03. The lowest BCUT2D eigenvalue weighted by molar-refractivity contribution is -0.142. The highest BCUT2D eigenvalue weighted by Gasteiger charge is 2.21. The van der Waals surface area contributed by atoms with Gasteiger partial charge >= 0.3 is 5.97 Å². The third-order valence-corrected chi connectivity index (χ3v) is 4.11. The molecule has 0 spiro atoms. The quantitative estimate of drug-likeness (QED) is 0.812. The summed E-state index contributed by atoms with van der Waals surface area (Å²) >= 11 is 0. The summed E-state index contributed by atoms with van der Waals surface area (Å²) in [4.78, 5) is 11.0. The first-order chi connectivity index (χ1) is 9.61.